The second-order valence-electron chi connectivity index (χ2n) is 4.80. The van der Waals surface area contributed by atoms with Crippen molar-refractivity contribution in [3.8, 4) is 0 Å². The van der Waals surface area contributed by atoms with E-state index in [0.29, 0.717) is 30.6 Å². The van der Waals surface area contributed by atoms with E-state index in [1.807, 2.05) is 12.1 Å². The SMILES string of the molecule is O=C(C=Cc1cccc(Cl)c1)N1CCOCC1c1ncon1. The number of nitrogens with zero attached hydrogens (tertiary/aromatic N) is 3. The lowest BCUT2D eigenvalue weighted by molar-refractivity contribution is -0.135. The molecule has 0 aliphatic carbocycles. The third-order valence-corrected chi connectivity index (χ3v) is 3.59. The van der Waals surface area contributed by atoms with Gasteiger partial charge in [-0.3, -0.25) is 4.79 Å². The van der Waals surface area contributed by atoms with Gasteiger partial charge in [0.05, 0.1) is 13.2 Å². The predicted molar refractivity (Wildman–Crippen MR) is 80.1 cm³/mol. The van der Waals surface area contributed by atoms with Crippen molar-refractivity contribution in [1.29, 1.82) is 0 Å². The predicted octanol–water partition coefficient (Wildman–Crippen LogP) is 2.34. The van der Waals surface area contributed by atoms with Crippen LogP contribution in [0, 0.1) is 0 Å². The molecule has 6 nitrogen and oxygen atoms in total. The summed E-state index contributed by atoms with van der Waals surface area (Å²) in [5.74, 6) is 0.322. The number of aromatic nitrogens is 2. The molecular formula is C15H14ClN3O3. The van der Waals surface area contributed by atoms with E-state index >= 15 is 0 Å². The van der Waals surface area contributed by atoms with E-state index in [-0.39, 0.29) is 11.9 Å². The number of benzene rings is 1. The molecule has 22 heavy (non-hydrogen) atoms. The smallest absolute Gasteiger partial charge is 0.247 e. The van der Waals surface area contributed by atoms with Crippen LogP contribution in [0.4, 0.5) is 0 Å². The van der Waals surface area contributed by atoms with Gasteiger partial charge in [0.15, 0.2) is 5.82 Å². The Balaban J connectivity index is 1.75. The van der Waals surface area contributed by atoms with Crippen molar-refractivity contribution in [3.05, 3.63) is 53.1 Å². The molecule has 7 heteroatoms. The lowest BCUT2D eigenvalue weighted by Gasteiger charge is -2.32. The summed E-state index contributed by atoms with van der Waals surface area (Å²) in [6, 6.07) is 6.97. The summed E-state index contributed by atoms with van der Waals surface area (Å²) in [6.07, 6.45) is 4.50. The number of amides is 1. The molecule has 2 aromatic rings. The van der Waals surface area contributed by atoms with Gasteiger partial charge in [-0.15, -0.1) is 0 Å². The van der Waals surface area contributed by atoms with Gasteiger partial charge in [-0.25, -0.2) is 0 Å². The third-order valence-electron chi connectivity index (χ3n) is 3.35. The zero-order valence-corrected chi connectivity index (χ0v) is 12.4. The fourth-order valence-electron chi connectivity index (χ4n) is 2.28. The van der Waals surface area contributed by atoms with Crippen molar-refractivity contribution in [2.24, 2.45) is 0 Å². The quantitative estimate of drug-likeness (QED) is 0.812. The Morgan fingerprint density at radius 1 is 1.45 bits per heavy atom. The van der Waals surface area contributed by atoms with Crippen LogP contribution in [0.1, 0.15) is 17.4 Å². The van der Waals surface area contributed by atoms with Crippen LogP contribution >= 0.6 is 11.6 Å². The molecule has 1 aromatic carbocycles. The highest BCUT2D eigenvalue weighted by Crippen LogP contribution is 2.22. The molecule has 0 N–H and O–H groups in total. The number of hydrogen-bond donors (Lipinski definition) is 0. The van der Waals surface area contributed by atoms with Crippen LogP contribution < -0.4 is 0 Å². The topological polar surface area (TPSA) is 68.5 Å². The lowest BCUT2D eigenvalue weighted by atomic mass is 10.2. The first-order valence-corrected chi connectivity index (χ1v) is 7.20. The van der Waals surface area contributed by atoms with E-state index in [9.17, 15) is 4.79 Å². The zero-order chi connectivity index (χ0) is 15.4. The number of morpholine rings is 1. The van der Waals surface area contributed by atoms with E-state index in [1.54, 1.807) is 23.1 Å². The molecule has 114 valence electrons. The lowest BCUT2D eigenvalue weighted by Crippen LogP contribution is -2.43. The van der Waals surface area contributed by atoms with Crippen LogP contribution in [0.3, 0.4) is 0 Å². The Hall–Kier alpha value is -2.18. The highest BCUT2D eigenvalue weighted by atomic mass is 35.5. The molecule has 0 spiro atoms. The molecule has 1 aromatic heterocycles. The number of ether oxygens (including phenoxy) is 1. The van der Waals surface area contributed by atoms with Gasteiger partial charge in [0.25, 0.3) is 0 Å². The fourth-order valence-corrected chi connectivity index (χ4v) is 2.48. The second-order valence-corrected chi connectivity index (χ2v) is 5.24. The molecule has 2 heterocycles. The molecule has 0 radical (unpaired) electrons. The maximum Gasteiger partial charge on any atom is 0.247 e. The number of halogens is 1. The normalized spacial score (nSPS) is 18.8. The van der Waals surface area contributed by atoms with Crippen LogP contribution in [0.25, 0.3) is 6.08 Å². The van der Waals surface area contributed by atoms with Gasteiger partial charge in [0, 0.05) is 17.6 Å². The maximum absolute atomic E-state index is 12.4. The van der Waals surface area contributed by atoms with Gasteiger partial charge in [0.1, 0.15) is 6.04 Å². The van der Waals surface area contributed by atoms with Crippen molar-refractivity contribution in [1.82, 2.24) is 15.0 Å². The highest BCUT2D eigenvalue weighted by Gasteiger charge is 2.30. The minimum atomic E-state index is -0.330. The summed E-state index contributed by atoms with van der Waals surface area (Å²) in [5, 5.41) is 4.43. The molecule has 1 atom stereocenters. The monoisotopic (exact) mass is 319 g/mol. The first-order chi connectivity index (χ1) is 10.7. The summed E-state index contributed by atoms with van der Waals surface area (Å²) in [7, 11) is 0. The molecule has 1 unspecified atom stereocenters. The Labute approximate surface area is 132 Å². The molecule has 1 fully saturated rings. The Bertz CT molecular complexity index is 672. The van der Waals surface area contributed by atoms with Crippen molar-refractivity contribution in [2.45, 2.75) is 6.04 Å². The van der Waals surface area contributed by atoms with Crippen molar-refractivity contribution < 1.29 is 14.1 Å². The molecule has 1 amide bonds. The van der Waals surface area contributed by atoms with Crippen LogP contribution in [0.2, 0.25) is 5.02 Å². The van der Waals surface area contributed by atoms with Gasteiger partial charge < -0.3 is 14.2 Å². The highest BCUT2D eigenvalue weighted by molar-refractivity contribution is 6.30. The average molecular weight is 320 g/mol. The Morgan fingerprint density at radius 3 is 3.14 bits per heavy atom. The second kappa shape index (κ2) is 6.72. The molecule has 1 aliphatic rings. The van der Waals surface area contributed by atoms with E-state index in [2.05, 4.69) is 10.1 Å². The van der Waals surface area contributed by atoms with Crippen LogP contribution in [0.15, 0.2) is 41.3 Å². The van der Waals surface area contributed by atoms with E-state index in [1.165, 1.54) is 12.5 Å². The number of carbonyl (C=O) groups is 1. The number of rotatable bonds is 3. The van der Waals surface area contributed by atoms with E-state index < -0.39 is 0 Å². The van der Waals surface area contributed by atoms with Crippen molar-refractivity contribution in [2.75, 3.05) is 19.8 Å². The summed E-state index contributed by atoms with van der Waals surface area (Å²) in [6.45, 7) is 1.33. The summed E-state index contributed by atoms with van der Waals surface area (Å²) in [4.78, 5) is 18.1. The maximum atomic E-state index is 12.4. The minimum Gasteiger partial charge on any atom is -0.377 e. The molecule has 1 saturated heterocycles. The largest absolute Gasteiger partial charge is 0.377 e. The minimum absolute atomic E-state index is 0.127. The summed E-state index contributed by atoms with van der Waals surface area (Å²) >= 11 is 5.93. The van der Waals surface area contributed by atoms with Crippen molar-refractivity contribution >= 4 is 23.6 Å². The summed E-state index contributed by atoms with van der Waals surface area (Å²) < 4.78 is 10.2. The van der Waals surface area contributed by atoms with Crippen LogP contribution in [0.5, 0.6) is 0 Å². The molecule has 3 rings (SSSR count). The standard InChI is InChI=1S/C15H14ClN3O3/c16-12-3-1-2-11(8-12)4-5-14(20)19-6-7-21-9-13(19)15-17-10-22-18-15/h1-5,8,10,13H,6-7,9H2. The average Bonchev–Trinajstić information content (AvgIpc) is 3.07. The van der Waals surface area contributed by atoms with Gasteiger partial charge >= 0.3 is 0 Å². The Morgan fingerprint density at radius 2 is 2.36 bits per heavy atom. The number of hydrogen-bond acceptors (Lipinski definition) is 5. The zero-order valence-electron chi connectivity index (χ0n) is 11.7. The fraction of sp³-hybridized carbons (Fsp3) is 0.267. The van der Waals surface area contributed by atoms with Crippen LogP contribution in [-0.2, 0) is 9.53 Å². The Kier molecular flexibility index (Phi) is 4.50. The third kappa shape index (κ3) is 3.35. The molecular weight excluding hydrogens is 306 g/mol. The van der Waals surface area contributed by atoms with E-state index in [4.69, 9.17) is 20.9 Å². The van der Waals surface area contributed by atoms with Crippen LogP contribution in [-0.4, -0.2) is 40.7 Å². The summed E-state index contributed by atoms with van der Waals surface area (Å²) in [5.41, 5.74) is 0.866. The molecule has 0 saturated carbocycles. The van der Waals surface area contributed by atoms with Crippen molar-refractivity contribution in [3.63, 3.8) is 0 Å². The van der Waals surface area contributed by atoms with Gasteiger partial charge in [-0.05, 0) is 23.8 Å². The van der Waals surface area contributed by atoms with Gasteiger partial charge in [-0.2, -0.15) is 4.98 Å². The van der Waals surface area contributed by atoms with Gasteiger partial charge in [0.2, 0.25) is 12.3 Å². The number of carbonyl (C=O) groups excluding carboxylic acids is 1. The first-order valence-electron chi connectivity index (χ1n) is 6.82. The molecule has 0 bridgehead atoms. The molecule has 1 aliphatic heterocycles. The van der Waals surface area contributed by atoms with E-state index in [0.717, 1.165) is 5.56 Å². The first kappa shape index (κ1) is 14.7. The van der Waals surface area contributed by atoms with Gasteiger partial charge in [-0.1, -0.05) is 28.9 Å².